The van der Waals surface area contributed by atoms with Crippen LogP contribution in [0.5, 0.6) is 0 Å². The molecule has 0 fully saturated rings. The Morgan fingerprint density at radius 3 is 2.53 bits per heavy atom. The summed E-state index contributed by atoms with van der Waals surface area (Å²) >= 11 is 15.5. The highest BCUT2D eigenvalue weighted by Crippen LogP contribution is 2.31. The molecule has 0 spiro atoms. The summed E-state index contributed by atoms with van der Waals surface area (Å²) in [6, 6.07) is 7.43. The summed E-state index contributed by atoms with van der Waals surface area (Å²) in [4.78, 5) is 6.04. The van der Waals surface area contributed by atoms with Crippen molar-refractivity contribution in [3.63, 3.8) is 0 Å². The van der Waals surface area contributed by atoms with Crippen molar-refractivity contribution in [3.8, 4) is 0 Å². The first-order chi connectivity index (χ1) is 9.16. The van der Waals surface area contributed by atoms with Crippen molar-refractivity contribution in [2.75, 3.05) is 17.2 Å². The predicted octanol–water partition coefficient (Wildman–Crippen LogP) is 4.86. The average molecular weight is 331 g/mol. The van der Waals surface area contributed by atoms with Crippen LogP contribution >= 0.6 is 46.7 Å². The molecule has 2 rings (SSSR count). The van der Waals surface area contributed by atoms with Crippen molar-refractivity contribution in [2.45, 2.75) is 9.79 Å². The van der Waals surface area contributed by atoms with Gasteiger partial charge in [0.2, 0.25) is 0 Å². The number of halogens is 2. The molecule has 1 heterocycles. The summed E-state index contributed by atoms with van der Waals surface area (Å²) in [5, 5.41) is 1.45. The fourth-order valence-corrected chi connectivity index (χ4v) is 3.83. The molecule has 1 aromatic heterocycles. The molecule has 0 bridgehead atoms. The lowest BCUT2D eigenvalue weighted by molar-refractivity contribution is 1.27. The molecule has 2 aromatic rings. The van der Waals surface area contributed by atoms with Crippen LogP contribution in [0.15, 0.2) is 46.5 Å². The van der Waals surface area contributed by atoms with E-state index in [9.17, 15) is 0 Å². The Labute approximate surface area is 131 Å². The molecule has 19 heavy (non-hydrogen) atoms. The molecule has 0 aliphatic rings. The minimum atomic E-state index is 0.706. The highest BCUT2D eigenvalue weighted by Gasteiger charge is 2.03. The number of hydrogen-bond donors (Lipinski definition) is 1. The number of rotatable bonds is 5. The SMILES string of the molecule is Nc1cnccc1SCCSc1cc(Cl)ccc1Cl. The van der Waals surface area contributed by atoms with E-state index >= 15 is 0 Å². The van der Waals surface area contributed by atoms with Crippen molar-refractivity contribution in [1.82, 2.24) is 4.98 Å². The van der Waals surface area contributed by atoms with Gasteiger partial charge in [0.15, 0.2) is 0 Å². The number of nitrogen functional groups attached to an aromatic ring is 1. The van der Waals surface area contributed by atoms with E-state index in [4.69, 9.17) is 28.9 Å². The second kappa shape index (κ2) is 7.29. The lowest BCUT2D eigenvalue weighted by atomic mass is 10.4. The highest BCUT2D eigenvalue weighted by atomic mass is 35.5. The number of anilines is 1. The Hall–Kier alpha value is -0.550. The lowest BCUT2D eigenvalue weighted by Crippen LogP contribution is -1.91. The van der Waals surface area contributed by atoms with E-state index in [0.29, 0.717) is 5.02 Å². The maximum absolute atomic E-state index is 6.10. The fraction of sp³-hybridized carbons (Fsp3) is 0.154. The van der Waals surface area contributed by atoms with Gasteiger partial charge in [-0.05, 0) is 24.3 Å². The maximum atomic E-state index is 6.10. The normalized spacial score (nSPS) is 10.6. The second-order valence-electron chi connectivity index (χ2n) is 3.69. The average Bonchev–Trinajstić information content (AvgIpc) is 2.40. The van der Waals surface area contributed by atoms with Crippen LogP contribution in [-0.4, -0.2) is 16.5 Å². The molecule has 0 amide bonds. The smallest absolute Gasteiger partial charge is 0.0638 e. The third-order valence-electron chi connectivity index (χ3n) is 2.30. The van der Waals surface area contributed by atoms with Gasteiger partial charge in [-0.2, -0.15) is 0 Å². The van der Waals surface area contributed by atoms with Gasteiger partial charge in [0, 0.05) is 32.5 Å². The molecule has 2 N–H and O–H groups in total. The van der Waals surface area contributed by atoms with Crippen molar-refractivity contribution in [1.29, 1.82) is 0 Å². The van der Waals surface area contributed by atoms with E-state index in [-0.39, 0.29) is 0 Å². The van der Waals surface area contributed by atoms with E-state index in [0.717, 1.165) is 32.0 Å². The Bertz CT molecular complexity index is 564. The first-order valence-corrected chi connectivity index (χ1v) is 8.29. The van der Waals surface area contributed by atoms with E-state index < -0.39 is 0 Å². The molecule has 0 aliphatic heterocycles. The zero-order chi connectivity index (χ0) is 13.7. The molecule has 0 unspecified atom stereocenters. The molecule has 2 nitrogen and oxygen atoms in total. The molecule has 0 radical (unpaired) electrons. The molecule has 0 saturated heterocycles. The van der Waals surface area contributed by atoms with Gasteiger partial charge in [0.25, 0.3) is 0 Å². The number of thioether (sulfide) groups is 2. The minimum Gasteiger partial charge on any atom is -0.397 e. The monoisotopic (exact) mass is 330 g/mol. The highest BCUT2D eigenvalue weighted by molar-refractivity contribution is 8.03. The Balaban J connectivity index is 1.84. The van der Waals surface area contributed by atoms with E-state index in [2.05, 4.69) is 4.98 Å². The van der Waals surface area contributed by atoms with Crippen molar-refractivity contribution in [2.24, 2.45) is 0 Å². The number of aromatic nitrogens is 1. The molecule has 1 aromatic carbocycles. The molecular weight excluding hydrogens is 319 g/mol. The van der Waals surface area contributed by atoms with Crippen molar-refractivity contribution < 1.29 is 0 Å². The topological polar surface area (TPSA) is 38.9 Å². The minimum absolute atomic E-state index is 0.706. The number of pyridine rings is 1. The number of benzene rings is 1. The van der Waals surface area contributed by atoms with Gasteiger partial charge in [-0.3, -0.25) is 4.98 Å². The van der Waals surface area contributed by atoms with Crippen molar-refractivity contribution >= 4 is 52.4 Å². The van der Waals surface area contributed by atoms with Gasteiger partial charge in [0.05, 0.1) is 16.9 Å². The molecule has 0 saturated carbocycles. The van der Waals surface area contributed by atoms with Gasteiger partial charge in [-0.25, -0.2) is 0 Å². The number of nitrogens with zero attached hydrogens (tertiary/aromatic N) is 1. The summed E-state index contributed by atoms with van der Waals surface area (Å²) in [7, 11) is 0. The van der Waals surface area contributed by atoms with E-state index in [1.54, 1.807) is 42.0 Å². The predicted molar refractivity (Wildman–Crippen MR) is 86.6 cm³/mol. The van der Waals surface area contributed by atoms with Gasteiger partial charge >= 0.3 is 0 Å². The van der Waals surface area contributed by atoms with E-state index in [1.807, 2.05) is 18.2 Å². The zero-order valence-electron chi connectivity index (χ0n) is 9.98. The summed E-state index contributed by atoms with van der Waals surface area (Å²) in [5.41, 5.74) is 6.55. The number of hydrogen-bond acceptors (Lipinski definition) is 4. The third-order valence-corrected chi connectivity index (χ3v) is 5.39. The van der Waals surface area contributed by atoms with E-state index in [1.165, 1.54) is 0 Å². The Kier molecular flexibility index (Phi) is 5.70. The molecule has 0 aliphatic carbocycles. The molecule has 100 valence electrons. The molecular formula is C13H12Cl2N2S2. The van der Waals surface area contributed by atoms with Crippen LogP contribution in [0.4, 0.5) is 5.69 Å². The summed E-state index contributed by atoms with van der Waals surface area (Å²) < 4.78 is 0. The van der Waals surface area contributed by atoms with Crippen LogP contribution in [0.3, 0.4) is 0 Å². The van der Waals surface area contributed by atoms with Crippen LogP contribution in [-0.2, 0) is 0 Å². The summed E-state index contributed by atoms with van der Waals surface area (Å²) in [6.45, 7) is 0. The van der Waals surface area contributed by atoms with Crippen LogP contribution < -0.4 is 5.73 Å². The second-order valence-corrected chi connectivity index (χ2v) is 6.80. The first-order valence-electron chi connectivity index (χ1n) is 5.57. The van der Waals surface area contributed by atoms with Gasteiger partial charge in [-0.15, -0.1) is 23.5 Å². The fourth-order valence-electron chi connectivity index (χ4n) is 1.42. The first kappa shape index (κ1) is 14.9. The van der Waals surface area contributed by atoms with Gasteiger partial charge < -0.3 is 5.73 Å². The van der Waals surface area contributed by atoms with Gasteiger partial charge in [0.1, 0.15) is 0 Å². The van der Waals surface area contributed by atoms with Gasteiger partial charge in [-0.1, -0.05) is 23.2 Å². The third kappa shape index (κ3) is 4.49. The molecule has 6 heteroatoms. The zero-order valence-corrected chi connectivity index (χ0v) is 13.1. The summed E-state index contributed by atoms with van der Waals surface area (Å²) in [5.74, 6) is 1.88. The quantitative estimate of drug-likeness (QED) is 0.628. The van der Waals surface area contributed by atoms with Crippen LogP contribution in [0.25, 0.3) is 0 Å². The van der Waals surface area contributed by atoms with Crippen LogP contribution in [0.2, 0.25) is 10.0 Å². The van der Waals surface area contributed by atoms with Crippen LogP contribution in [0.1, 0.15) is 0 Å². The lowest BCUT2D eigenvalue weighted by Gasteiger charge is -2.06. The standard InChI is InChI=1S/C13H12Cl2N2S2/c14-9-1-2-10(15)13(7-9)19-6-5-18-12-3-4-17-8-11(12)16/h1-4,7-8H,5-6,16H2. The van der Waals surface area contributed by atoms with Crippen LogP contribution in [0, 0.1) is 0 Å². The largest absolute Gasteiger partial charge is 0.397 e. The molecule has 0 atom stereocenters. The maximum Gasteiger partial charge on any atom is 0.0638 e. The Morgan fingerprint density at radius 1 is 1.05 bits per heavy atom. The summed E-state index contributed by atoms with van der Waals surface area (Å²) in [6.07, 6.45) is 3.42. The van der Waals surface area contributed by atoms with Crippen molar-refractivity contribution in [3.05, 3.63) is 46.7 Å². The Morgan fingerprint density at radius 2 is 1.79 bits per heavy atom. The number of nitrogens with two attached hydrogens (primary N) is 1.